The van der Waals surface area contributed by atoms with Crippen LogP contribution in [0, 0.1) is 19.8 Å². The van der Waals surface area contributed by atoms with Gasteiger partial charge in [0.2, 0.25) is 0 Å². The van der Waals surface area contributed by atoms with Crippen molar-refractivity contribution < 1.29 is 4.42 Å². The minimum atomic E-state index is 0.967. The van der Waals surface area contributed by atoms with Crippen molar-refractivity contribution in [3.05, 3.63) is 29.1 Å². The lowest BCUT2D eigenvalue weighted by Gasteiger charge is -1.97. The molecule has 0 unspecified atom stereocenters. The average molecular weight is 151 g/mol. The second-order valence-electron chi connectivity index (χ2n) is 3.34. The summed E-state index contributed by atoms with van der Waals surface area (Å²) in [6, 6.07) is 2.11. The highest BCUT2D eigenvalue weighted by atomic mass is 16.3. The van der Waals surface area contributed by atoms with E-state index >= 15 is 0 Å². The van der Waals surface area contributed by atoms with Gasteiger partial charge in [0.1, 0.15) is 11.5 Å². The molecular formula is C10H15O. The first-order valence-corrected chi connectivity index (χ1v) is 3.94. The molecule has 1 heterocycles. The molecule has 0 saturated heterocycles. The zero-order valence-electron chi connectivity index (χ0n) is 7.69. The first-order chi connectivity index (χ1) is 5.09. The van der Waals surface area contributed by atoms with Gasteiger partial charge >= 0.3 is 0 Å². The molecule has 1 radical (unpaired) electrons. The van der Waals surface area contributed by atoms with Crippen LogP contribution in [0.25, 0.3) is 0 Å². The molecule has 1 heteroatoms. The zero-order valence-corrected chi connectivity index (χ0v) is 7.69. The summed E-state index contributed by atoms with van der Waals surface area (Å²) in [6.07, 6.45) is 0.967. The van der Waals surface area contributed by atoms with Crippen molar-refractivity contribution in [2.24, 2.45) is 0 Å². The molecule has 0 bridgehead atoms. The van der Waals surface area contributed by atoms with Gasteiger partial charge in [-0.15, -0.1) is 0 Å². The Morgan fingerprint density at radius 1 is 1.36 bits per heavy atom. The summed E-state index contributed by atoms with van der Waals surface area (Å²) in [5.41, 5.74) is 1.25. The van der Waals surface area contributed by atoms with Gasteiger partial charge in [0.25, 0.3) is 0 Å². The molecular weight excluding hydrogens is 136 g/mol. The predicted molar refractivity (Wildman–Crippen MR) is 46.5 cm³/mol. The van der Waals surface area contributed by atoms with E-state index in [1.807, 2.05) is 6.92 Å². The normalized spacial score (nSPS) is 11.0. The summed E-state index contributed by atoms with van der Waals surface area (Å²) >= 11 is 0. The molecule has 1 rings (SSSR count). The van der Waals surface area contributed by atoms with Gasteiger partial charge in [-0.25, -0.2) is 0 Å². The van der Waals surface area contributed by atoms with Crippen LogP contribution in [0.5, 0.6) is 0 Å². The Morgan fingerprint density at radius 2 is 2.00 bits per heavy atom. The molecule has 0 aromatic carbocycles. The SMILES string of the molecule is C[C](C)Cc1cc(C)c(C)o1. The third-order valence-corrected chi connectivity index (χ3v) is 1.74. The van der Waals surface area contributed by atoms with E-state index in [-0.39, 0.29) is 0 Å². The van der Waals surface area contributed by atoms with Crippen molar-refractivity contribution in [3.63, 3.8) is 0 Å². The zero-order chi connectivity index (χ0) is 8.43. The number of rotatable bonds is 2. The number of hydrogen-bond donors (Lipinski definition) is 0. The van der Waals surface area contributed by atoms with E-state index in [9.17, 15) is 0 Å². The molecule has 61 valence electrons. The molecule has 0 spiro atoms. The van der Waals surface area contributed by atoms with Gasteiger partial charge in [0, 0.05) is 6.42 Å². The van der Waals surface area contributed by atoms with Gasteiger partial charge in [0.05, 0.1) is 0 Å². The van der Waals surface area contributed by atoms with Crippen molar-refractivity contribution in [2.75, 3.05) is 0 Å². The Morgan fingerprint density at radius 3 is 2.36 bits per heavy atom. The van der Waals surface area contributed by atoms with Gasteiger partial charge in [-0.05, 0) is 31.4 Å². The Hall–Kier alpha value is -0.720. The van der Waals surface area contributed by atoms with Gasteiger partial charge < -0.3 is 4.42 Å². The standard InChI is InChI=1S/C10H15O/c1-7(2)5-10-6-8(3)9(4)11-10/h6H,5H2,1-4H3. The quantitative estimate of drug-likeness (QED) is 0.633. The monoisotopic (exact) mass is 151 g/mol. The van der Waals surface area contributed by atoms with Crippen LogP contribution in [0.15, 0.2) is 10.5 Å². The van der Waals surface area contributed by atoms with Crippen LogP contribution in [0.2, 0.25) is 0 Å². The smallest absolute Gasteiger partial charge is 0.104 e. The Labute approximate surface area is 68.4 Å². The Kier molecular flexibility index (Phi) is 2.38. The van der Waals surface area contributed by atoms with E-state index in [0.29, 0.717) is 0 Å². The molecule has 0 aliphatic carbocycles. The lowest BCUT2D eigenvalue weighted by atomic mass is 10.1. The van der Waals surface area contributed by atoms with Crippen molar-refractivity contribution in [1.29, 1.82) is 0 Å². The van der Waals surface area contributed by atoms with E-state index in [1.165, 1.54) is 11.5 Å². The first kappa shape index (κ1) is 8.38. The minimum Gasteiger partial charge on any atom is -0.466 e. The fourth-order valence-corrected chi connectivity index (χ4v) is 1.09. The van der Waals surface area contributed by atoms with Crippen LogP contribution < -0.4 is 0 Å². The summed E-state index contributed by atoms with van der Waals surface area (Å²) in [5, 5.41) is 0. The largest absolute Gasteiger partial charge is 0.466 e. The molecule has 0 fully saturated rings. The lowest BCUT2D eigenvalue weighted by Crippen LogP contribution is -1.88. The maximum Gasteiger partial charge on any atom is 0.104 e. The van der Waals surface area contributed by atoms with Crippen LogP contribution >= 0.6 is 0 Å². The van der Waals surface area contributed by atoms with Gasteiger partial charge in [-0.3, -0.25) is 0 Å². The third kappa shape index (κ3) is 2.11. The van der Waals surface area contributed by atoms with Crippen molar-refractivity contribution >= 4 is 0 Å². The summed E-state index contributed by atoms with van der Waals surface area (Å²) in [7, 11) is 0. The minimum absolute atomic E-state index is 0.967. The average Bonchev–Trinajstić information content (AvgIpc) is 2.10. The number of aryl methyl sites for hydroxylation is 2. The molecule has 0 N–H and O–H groups in total. The highest BCUT2D eigenvalue weighted by molar-refractivity contribution is 5.20. The van der Waals surface area contributed by atoms with Gasteiger partial charge in [0.15, 0.2) is 0 Å². The van der Waals surface area contributed by atoms with Crippen LogP contribution in [-0.4, -0.2) is 0 Å². The summed E-state index contributed by atoms with van der Waals surface area (Å²) in [4.78, 5) is 0. The van der Waals surface area contributed by atoms with E-state index in [4.69, 9.17) is 4.42 Å². The van der Waals surface area contributed by atoms with E-state index in [0.717, 1.165) is 17.9 Å². The third-order valence-electron chi connectivity index (χ3n) is 1.74. The van der Waals surface area contributed by atoms with E-state index in [2.05, 4.69) is 26.8 Å². The second kappa shape index (κ2) is 3.12. The number of furan rings is 1. The van der Waals surface area contributed by atoms with Gasteiger partial charge in [-0.1, -0.05) is 13.8 Å². The summed E-state index contributed by atoms with van der Waals surface area (Å²) < 4.78 is 5.50. The predicted octanol–water partition coefficient (Wildman–Crippen LogP) is 3.05. The van der Waals surface area contributed by atoms with Crippen LogP contribution in [0.3, 0.4) is 0 Å². The molecule has 1 aromatic rings. The molecule has 0 aliphatic rings. The van der Waals surface area contributed by atoms with Crippen LogP contribution in [0.4, 0.5) is 0 Å². The highest BCUT2D eigenvalue weighted by Gasteiger charge is 2.04. The topological polar surface area (TPSA) is 13.1 Å². The molecule has 0 atom stereocenters. The van der Waals surface area contributed by atoms with E-state index in [1.54, 1.807) is 0 Å². The summed E-state index contributed by atoms with van der Waals surface area (Å²) in [5.74, 6) is 3.51. The first-order valence-electron chi connectivity index (χ1n) is 3.94. The maximum atomic E-state index is 5.50. The van der Waals surface area contributed by atoms with E-state index < -0.39 is 0 Å². The maximum absolute atomic E-state index is 5.50. The van der Waals surface area contributed by atoms with Crippen molar-refractivity contribution in [3.8, 4) is 0 Å². The molecule has 0 amide bonds. The fourth-order valence-electron chi connectivity index (χ4n) is 1.09. The second-order valence-corrected chi connectivity index (χ2v) is 3.34. The number of hydrogen-bond acceptors (Lipinski definition) is 1. The molecule has 1 aromatic heterocycles. The van der Waals surface area contributed by atoms with Crippen molar-refractivity contribution in [1.82, 2.24) is 0 Å². The Bertz CT molecular complexity index is 214. The van der Waals surface area contributed by atoms with Crippen LogP contribution in [-0.2, 0) is 6.42 Å². The molecule has 0 saturated carbocycles. The fraction of sp³-hybridized carbons (Fsp3) is 0.500. The lowest BCUT2D eigenvalue weighted by molar-refractivity contribution is 0.484. The van der Waals surface area contributed by atoms with Gasteiger partial charge in [-0.2, -0.15) is 0 Å². The molecule has 0 aliphatic heterocycles. The molecule has 1 nitrogen and oxygen atoms in total. The van der Waals surface area contributed by atoms with Crippen molar-refractivity contribution in [2.45, 2.75) is 34.1 Å². The molecule has 11 heavy (non-hydrogen) atoms. The van der Waals surface area contributed by atoms with Crippen LogP contribution in [0.1, 0.15) is 30.9 Å². The summed E-state index contributed by atoms with van der Waals surface area (Å²) in [6.45, 7) is 8.32. The highest BCUT2D eigenvalue weighted by Crippen LogP contribution is 2.16. The Balaban J connectivity index is 2.73.